The molecule has 0 radical (unpaired) electrons. The molecular weight excluding hydrogens is 345 g/mol. The van der Waals surface area contributed by atoms with Gasteiger partial charge in [-0.05, 0) is 6.07 Å². The van der Waals surface area contributed by atoms with Gasteiger partial charge in [0.2, 0.25) is 0 Å². The number of nitrogens with two attached hydrogens (primary N) is 1. The lowest BCUT2D eigenvalue weighted by Crippen LogP contribution is -2.30. The summed E-state index contributed by atoms with van der Waals surface area (Å²) in [5, 5.41) is 3.01. The van der Waals surface area contributed by atoms with E-state index in [1.165, 1.54) is 0 Å². The maximum atomic E-state index is 5.70. The first-order valence-corrected chi connectivity index (χ1v) is 5.65. The van der Waals surface area contributed by atoms with E-state index in [1.54, 1.807) is 7.05 Å². The zero-order chi connectivity index (χ0) is 12.1. The number of fused-ring (bicyclic) bond motifs is 1. The highest BCUT2D eigenvalue weighted by atomic mass is 127. The van der Waals surface area contributed by atoms with Crippen LogP contribution in [0, 0.1) is 0 Å². The van der Waals surface area contributed by atoms with Gasteiger partial charge >= 0.3 is 0 Å². The normalized spacial score (nSPS) is 14.4. The molecule has 2 rings (SSSR count). The van der Waals surface area contributed by atoms with Crippen molar-refractivity contribution in [2.75, 3.05) is 20.3 Å². The number of benzene rings is 1. The van der Waals surface area contributed by atoms with Gasteiger partial charge in [0, 0.05) is 25.6 Å². The Kier molecular flexibility index (Phi) is 6.03. The SMILES string of the molecule is CN=C(N)NCc1cccc2c1OCCCO2.I. The van der Waals surface area contributed by atoms with E-state index in [1.807, 2.05) is 18.2 Å². The Balaban J connectivity index is 0.00000162. The van der Waals surface area contributed by atoms with Gasteiger partial charge in [0.05, 0.1) is 13.2 Å². The first-order valence-electron chi connectivity index (χ1n) is 5.65. The van der Waals surface area contributed by atoms with Gasteiger partial charge in [-0.1, -0.05) is 12.1 Å². The van der Waals surface area contributed by atoms with Crippen molar-refractivity contribution in [3.8, 4) is 11.5 Å². The van der Waals surface area contributed by atoms with E-state index in [0.29, 0.717) is 25.7 Å². The number of rotatable bonds is 2. The van der Waals surface area contributed by atoms with Crippen molar-refractivity contribution >= 4 is 29.9 Å². The molecular formula is C12H18IN3O2. The van der Waals surface area contributed by atoms with Crippen molar-refractivity contribution in [2.45, 2.75) is 13.0 Å². The van der Waals surface area contributed by atoms with Crippen LogP contribution >= 0.6 is 24.0 Å². The molecule has 0 unspecified atom stereocenters. The molecule has 0 saturated heterocycles. The van der Waals surface area contributed by atoms with Crippen LogP contribution in [0.5, 0.6) is 11.5 Å². The van der Waals surface area contributed by atoms with E-state index >= 15 is 0 Å². The molecule has 0 aromatic heterocycles. The Morgan fingerprint density at radius 3 is 2.94 bits per heavy atom. The average molecular weight is 363 g/mol. The van der Waals surface area contributed by atoms with E-state index < -0.39 is 0 Å². The predicted molar refractivity (Wildman–Crippen MR) is 81.9 cm³/mol. The van der Waals surface area contributed by atoms with Crippen LogP contribution in [0.2, 0.25) is 0 Å². The molecule has 3 N–H and O–H groups in total. The Morgan fingerprint density at radius 1 is 1.39 bits per heavy atom. The fraction of sp³-hybridized carbons (Fsp3) is 0.417. The van der Waals surface area contributed by atoms with Crippen molar-refractivity contribution in [1.82, 2.24) is 5.32 Å². The Bertz CT molecular complexity index is 424. The van der Waals surface area contributed by atoms with Crippen molar-refractivity contribution in [2.24, 2.45) is 10.7 Å². The van der Waals surface area contributed by atoms with Crippen molar-refractivity contribution in [3.05, 3.63) is 23.8 Å². The van der Waals surface area contributed by atoms with Gasteiger partial charge in [0.1, 0.15) is 0 Å². The molecule has 1 aliphatic heterocycles. The minimum atomic E-state index is 0. The number of hydrogen-bond acceptors (Lipinski definition) is 3. The van der Waals surface area contributed by atoms with Gasteiger partial charge in [0.15, 0.2) is 17.5 Å². The molecule has 0 aliphatic carbocycles. The Hall–Kier alpha value is -1.18. The number of halogens is 1. The van der Waals surface area contributed by atoms with Crippen LogP contribution in [0.1, 0.15) is 12.0 Å². The molecule has 18 heavy (non-hydrogen) atoms. The van der Waals surface area contributed by atoms with Crippen LogP contribution in [0.25, 0.3) is 0 Å². The summed E-state index contributed by atoms with van der Waals surface area (Å²) in [4.78, 5) is 3.85. The molecule has 0 fully saturated rings. The zero-order valence-electron chi connectivity index (χ0n) is 10.3. The van der Waals surface area contributed by atoms with Crippen LogP contribution < -0.4 is 20.5 Å². The third-order valence-corrected chi connectivity index (χ3v) is 2.55. The summed E-state index contributed by atoms with van der Waals surface area (Å²) in [5.41, 5.74) is 6.62. The lowest BCUT2D eigenvalue weighted by molar-refractivity contribution is 0.296. The van der Waals surface area contributed by atoms with Crippen LogP contribution in [0.3, 0.4) is 0 Å². The minimum absolute atomic E-state index is 0. The maximum Gasteiger partial charge on any atom is 0.188 e. The summed E-state index contributed by atoms with van der Waals surface area (Å²) >= 11 is 0. The molecule has 1 aromatic rings. The lowest BCUT2D eigenvalue weighted by Gasteiger charge is -2.13. The second-order valence-corrected chi connectivity index (χ2v) is 3.76. The molecule has 100 valence electrons. The van der Waals surface area contributed by atoms with Gasteiger partial charge in [-0.2, -0.15) is 0 Å². The van der Waals surface area contributed by atoms with Gasteiger partial charge in [-0.15, -0.1) is 24.0 Å². The van der Waals surface area contributed by atoms with E-state index in [9.17, 15) is 0 Å². The van der Waals surface area contributed by atoms with Gasteiger partial charge in [0.25, 0.3) is 0 Å². The molecule has 0 saturated carbocycles. The second-order valence-electron chi connectivity index (χ2n) is 3.76. The smallest absolute Gasteiger partial charge is 0.188 e. The predicted octanol–water partition coefficient (Wildman–Crippen LogP) is 1.50. The summed E-state index contributed by atoms with van der Waals surface area (Å²) in [6.45, 7) is 1.96. The monoisotopic (exact) mass is 363 g/mol. The van der Waals surface area contributed by atoms with Crippen molar-refractivity contribution in [3.63, 3.8) is 0 Å². The largest absolute Gasteiger partial charge is 0.490 e. The fourth-order valence-corrected chi connectivity index (χ4v) is 1.66. The average Bonchev–Trinajstić information content (AvgIpc) is 2.61. The van der Waals surface area contributed by atoms with E-state index in [0.717, 1.165) is 23.5 Å². The molecule has 5 nitrogen and oxygen atoms in total. The van der Waals surface area contributed by atoms with E-state index in [-0.39, 0.29) is 24.0 Å². The summed E-state index contributed by atoms with van der Waals surface area (Å²) < 4.78 is 11.3. The molecule has 0 atom stereocenters. The molecule has 0 bridgehead atoms. The minimum Gasteiger partial charge on any atom is -0.490 e. The number of nitrogens with zero attached hydrogens (tertiary/aromatic N) is 1. The van der Waals surface area contributed by atoms with Gasteiger partial charge < -0.3 is 20.5 Å². The number of guanidine groups is 1. The highest BCUT2D eigenvalue weighted by Gasteiger charge is 2.13. The number of para-hydroxylation sites is 1. The number of hydrogen-bond donors (Lipinski definition) is 2. The second kappa shape index (κ2) is 7.30. The van der Waals surface area contributed by atoms with Gasteiger partial charge in [-0.25, -0.2) is 0 Å². The summed E-state index contributed by atoms with van der Waals surface area (Å²) in [7, 11) is 1.65. The third-order valence-electron chi connectivity index (χ3n) is 2.55. The van der Waals surface area contributed by atoms with Crippen LogP contribution in [-0.4, -0.2) is 26.2 Å². The van der Waals surface area contributed by atoms with Crippen LogP contribution in [-0.2, 0) is 6.54 Å². The van der Waals surface area contributed by atoms with Crippen molar-refractivity contribution in [1.29, 1.82) is 0 Å². The van der Waals surface area contributed by atoms with E-state index in [4.69, 9.17) is 15.2 Å². The Labute approximate surface area is 124 Å². The molecule has 0 amide bonds. The van der Waals surface area contributed by atoms with Crippen LogP contribution in [0.15, 0.2) is 23.2 Å². The summed E-state index contributed by atoms with van der Waals surface area (Å²) in [6.07, 6.45) is 0.903. The highest BCUT2D eigenvalue weighted by Crippen LogP contribution is 2.32. The maximum absolute atomic E-state index is 5.70. The van der Waals surface area contributed by atoms with Crippen LogP contribution in [0.4, 0.5) is 0 Å². The van der Waals surface area contributed by atoms with Crippen molar-refractivity contribution < 1.29 is 9.47 Å². The molecule has 1 aromatic carbocycles. The first-order chi connectivity index (χ1) is 8.31. The van der Waals surface area contributed by atoms with E-state index in [2.05, 4.69) is 10.3 Å². The van der Waals surface area contributed by atoms with Gasteiger partial charge in [-0.3, -0.25) is 4.99 Å². The number of ether oxygens (including phenoxy) is 2. The molecule has 1 heterocycles. The number of aliphatic imine (C=N–C) groups is 1. The standard InChI is InChI=1S/C12H17N3O2.HI/c1-14-12(13)15-8-9-4-2-5-10-11(9)17-7-3-6-16-10;/h2,4-5H,3,6-8H2,1H3,(H3,13,14,15);1H. The first kappa shape index (κ1) is 14.9. The quantitative estimate of drug-likeness (QED) is 0.475. The molecule has 1 aliphatic rings. The Morgan fingerprint density at radius 2 is 2.17 bits per heavy atom. The summed E-state index contributed by atoms with van der Waals surface area (Å²) in [5.74, 6) is 2.02. The third kappa shape index (κ3) is 3.66. The zero-order valence-corrected chi connectivity index (χ0v) is 12.6. The topological polar surface area (TPSA) is 68.9 Å². The summed E-state index contributed by atoms with van der Waals surface area (Å²) in [6, 6.07) is 5.86. The number of nitrogens with one attached hydrogen (secondary N) is 1. The molecule has 0 spiro atoms. The lowest BCUT2D eigenvalue weighted by atomic mass is 10.2. The molecule has 6 heteroatoms. The highest BCUT2D eigenvalue weighted by molar-refractivity contribution is 14.0. The fourth-order valence-electron chi connectivity index (χ4n) is 1.66.